The van der Waals surface area contributed by atoms with Crippen LogP contribution in [0, 0.1) is 0 Å². The summed E-state index contributed by atoms with van der Waals surface area (Å²) < 4.78 is 0. The lowest BCUT2D eigenvalue weighted by Crippen LogP contribution is -2.56. The summed E-state index contributed by atoms with van der Waals surface area (Å²) >= 11 is 0. The maximum atomic E-state index is 12.3. The molecule has 1 unspecified atom stereocenters. The van der Waals surface area contributed by atoms with E-state index in [2.05, 4.69) is 16.0 Å². The Labute approximate surface area is 122 Å². The molecule has 3 rings (SSSR count). The van der Waals surface area contributed by atoms with E-state index in [0.29, 0.717) is 19.4 Å². The third-order valence-corrected chi connectivity index (χ3v) is 3.95. The van der Waals surface area contributed by atoms with E-state index in [0.717, 1.165) is 5.56 Å². The first kappa shape index (κ1) is 13.8. The summed E-state index contributed by atoms with van der Waals surface area (Å²) in [6.45, 7) is 0.642. The predicted octanol–water partition coefficient (Wildman–Crippen LogP) is -0.378. The quantitative estimate of drug-likeness (QED) is 0.647. The fraction of sp³-hybridized carbons (Fsp3) is 0.400. The molecule has 2 aliphatic heterocycles. The van der Waals surface area contributed by atoms with Crippen LogP contribution in [0.25, 0.3) is 0 Å². The highest BCUT2D eigenvalue weighted by molar-refractivity contribution is 6.02. The summed E-state index contributed by atoms with van der Waals surface area (Å²) in [5, 5.41) is 8.14. The van der Waals surface area contributed by atoms with E-state index in [1.807, 2.05) is 24.3 Å². The highest BCUT2D eigenvalue weighted by Gasteiger charge is 2.31. The Hall–Kier alpha value is -2.21. The van der Waals surface area contributed by atoms with Crippen LogP contribution in [0.1, 0.15) is 24.0 Å². The molecule has 3 N–H and O–H groups in total. The number of nitrogens with one attached hydrogen (secondary N) is 3. The summed E-state index contributed by atoms with van der Waals surface area (Å²) in [7, 11) is 0. The second kappa shape index (κ2) is 5.65. The zero-order chi connectivity index (χ0) is 14.8. The van der Waals surface area contributed by atoms with Crippen LogP contribution in [0.5, 0.6) is 0 Å². The average molecular weight is 287 g/mol. The highest BCUT2D eigenvalue weighted by Crippen LogP contribution is 2.16. The van der Waals surface area contributed by atoms with Gasteiger partial charge in [0.2, 0.25) is 17.7 Å². The molecule has 1 aromatic carbocycles. The number of rotatable bonds is 2. The van der Waals surface area contributed by atoms with E-state index < -0.39 is 11.9 Å². The van der Waals surface area contributed by atoms with Crippen molar-refractivity contribution in [3.8, 4) is 0 Å². The molecule has 2 atom stereocenters. The van der Waals surface area contributed by atoms with Crippen molar-refractivity contribution in [2.75, 3.05) is 0 Å². The highest BCUT2D eigenvalue weighted by atomic mass is 16.2. The topological polar surface area (TPSA) is 87.3 Å². The van der Waals surface area contributed by atoms with E-state index >= 15 is 0 Å². The third kappa shape index (κ3) is 2.95. The molecule has 1 saturated heterocycles. The van der Waals surface area contributed by atoms with Crippen LogP contribution in [0.4, 0.5) is 0 Å². The minimum absolute atomic E-state index is 0.195. The van der Waals surface area contributed by atoms with Crippen molar-refractivity contribution in [3.63, 3.8) is 0 Å². The van der Waals surface area contributed by atoms with Gasteiger partial charge in [-0.2, -0.15) is 0 Å². The van der Waals surface area contributed by atoms with Gasteiger partial charge in [0.15, 0.2) is 0 Å². The monoisotopic (exact) mass is 287 g/mol. The van der Waals surface area contributed by atoms with Gasteiger partial charge >= 0.3 is 0 Å². The minimum atomic E-state index is -0.617. The van der Waals surface area contributed by atoms with Gasteiger partial charge in [-0.05, 0) is 24.0 Å². The van der Waals surface area contributed by atoms with Crippen molar-refractivity contribution >= 4 is 17.7 Å². The Kier molecular flexibility index (Phi) is 3.70. The van der Waals surface area contributed by atoms with Crippen molar-refractivity contribution in [2.24, 2.45) is 0 Å². The Morgan fingerprint density at radius 3 is 2.71 bits per heavy atom. The second-order valence-electron chi connectivity index (χ2n) is 5.42. The molecule has 6 heteroatoms. The SMILES string of the molecule is O=C1CCC(NC(=O)[C@@H]2Cc3ccccc3CN2)C(=O)N1. The van der Waals surface area contributed by atoms with Gasteiger partial charge < -0.3 is 10.6 Å². The summed E-state index contributed by atoms with van der Waals surface area (Å²) in [5.41, 5.74) is 2.35. The molecular weight excluding hydrogens is 270 g/mol. The lowest BCUT2D eigenvalue weighted by molar-refractivity contribution is -0.137. The molecule has 0 aliphatic carbocycles. The molecule has 3 amide bonds. The van der Waals surface area contributed by atoms with Gasteiger partial charge in [-0.25, -0.2) is 0 Å². The van der Waals surface area contributed by atoms with Crippen molar-refractivity contribution in [1.29, 1.82) is 0 Å². The minimum Gasteiger partial charge on any atom is -0.343 e. The predicted molar refractivity (Wildman–Crippen MR) is 75.1 cm³/mol. The molecule has 0 saturated carbocycles. The maximum Gasteiger partial charge on any atom is 0.249 e. The lowest BCUT2D eigenvalue weighted by atomic mass is 9.95. The zero-order valence-electron chi connectivity index (χ0n) is 11.5. The Balaban J connectivity index is 1.62. The van der Waals surface area contributed by atoms with Gasteiger partial charge in [0.25, 0.3) is 0 Å². The van der Waals surface area contributed by atoms with Gasteiger partial charge in [-0.1, -0.05) is 24.3 Å². The summed E-state index contributed by atoms with van der Waals surface area (Å²) in [6, 6.07) is 7.03. The van der Waals surface area contributed by atoms with Crippen LogP contribution in [0.15, 0.2) is 24.3 Å². The number of hydrogen-bond acceptors (Lipinski definition) is 4. The van der Waals surface area contributed by atoms with Gasteiger partial charge in [0.05, 0.1) is 6.04 Å². The number of hydrogen-bond donors (Lipinski definition) is 3. The number of imide groups is 1. The van der Waals surface area contributed by atoms with E-state index in [4.69, 9.17) is 0 Å². The Bertz CT molecular complexity index is 600. The number of benzene rings is 1. The molecular formula is C15H17N3O3. The van der Waals surface area contributed by atoms with Crippen molar-refractivity contribution in [2.45, 2.75) is 37.9 Å². The van der Waals surface area contributed by atoms with E-state index in [-0.39, 0.29) is 24.3 Å². The molecule has 0 radical (unpaired) electrons. The van der Waals surface area contributed by atoms with E-state index in [1.165, 1.54) is 5.56 Å². The number of carbonyl (C=O) groups is 3. The number of fused-ring (bicyclic) bond motifs is 1. The van der Waals surface area contributed by atoms with Crippen LogP contribution in [0.2, 0.25) is 0 Å². The number of amides is 3. The number of piperidine rings is 1. The Morgan fingerprint density at radius 1 is 1.19 bits per heavy atom. The average Bonchev–Trinajstić information content (AvgIpc) is 2.49. The van der Waals surface area contributed by atoms with Crippen molar-refractivity contribution < 1.29 is 14.4 Å². The van der Waals surface area contributed by atoms with E-state index in [1.54, 1.807) is 0 Å². The standard InChI is InChI=1S/C15H17N3O3/c19-13-6-5-11(14(20)18-13)17-15(21)12-7-9-3-1-2-4-10(9)8-16-12/h1-4,11-12,16H,5-8H2,(H,17,21)(H,18,19,20)/t11?,12-/m0/s1. The summed E-state index contributed by atoms with van der Waals surface area (Å²) in [4.78, 5) is 35.0. The first-order valence-corrected chi connectivity index (χ1v) is 7.08. The smallest absolute Gasteiger partial charge is 0.249 e. The first-order chi connectivity index (χ1) is 10.1. The summed E-state index contributed by atoms with van der Waals surface area (Å²) in [6.07, 6.45) is 1.23. The first-order valence-electron chi connectivity index (χ1n) is 7.08. The lowest BCUT2D eigenvalue weighted by Gasteiger charge is -2.28. The molecule has 6 nitrogen and oxygen atoms in total. The van der Waals surface area contributed by atoms with Gasteiger partial charge in [-0.15, -0.1) is 0 Å². The molecule has 0 spiro atoms. The summed E-state index contributed by atoms with van der Waals surface area (Å²) in [5.74, 6) is -0.898. The maximum absolute atomic E-state index is 12.3. The third-order valence-electron chi connectivity index (χ3n) is 3.95. The van der Waals surface area contributed by atoms with Gasteiger partial charge in [0, 0.05) is 13.0 Å². The molecule has 21 heavy (non-hydrogen) atoms. The van der Waals surface area contributed by atoms with Crippen molar-refractivity contribution in [1.82, 2.24) is 16.0 Å². The Morgan fingerprint density at radius 2 is 1.95 bits per heavy atom. The van der Waals surface area contributed by atoms with Crippen LogP contribution in [-0.2, 0) is 27.3 Å². The molecule has 0 aromatic heterocycles. The largest absolute Gasteiger partial charge is 0.343 e. The molecule has 1 aromatic rings. The molecule has 2 aliphatic rings. The van der Waals surface area contributed by atoms with Gasteiger partial charge in [0.1, 0.15) is 6.04 Å². The fourth-order valence-electron chi connectivity index (χ4n) is 2.74. The molecule has 0 bridgehead atoms. The fourth-order valence-corrected chi connectivity index (χ4v) is 2.74. The second-order valence-corrected chi connectivity index (χ2v) is 5.42. The molecule has 2 heterocycles. The zero-order valence-corrected chi connectivity index (χ0v) is 11.5. The molecule has 110 valence electrons. The van der Waals surface area contributed by atoms with Crippen LogP contribution in [-0.4, -0.2) is 29.8 Å². The van der Waals surface area contributed by atoms with Gasteiger partial charge in [-0.3, -0.25) is 19.7 Å². The number of carbonyl (C=O) groups excluding carboxylic acids is 3. The van der Waals surface area contributed by atoms with E-state index in [9.17, 15) is 14.4 Å². The van der Waals surface area contributed by atoms with Crippen LogP contribution in [0.3, 0.4) is 0 Å². The normalized spacial score (nSPS) is 25.0. The van der Waals surface area contributed by atoms with Crippen LogP contribution >= 0.6 is 0 Å². The van der Waals surface area contributed by atoms with Crippen LogP contribution < -0.4 is 16.0 Å². The van der Waals surface area contributed by atoms with Crippen molar-refractivity contribution in [3.05, 3.63) is 35.4 Å². The molecule has 1 fully saturated rings.